The van der Waals surface area contributed by atoms with Crippen molar-refractivity contribution in [1.29, 1.82) is 0 Å². The van der Waals surface area contributed by atoms with Crippen LogP contribution in [0, 0.1) is 0 Å². The molecule has 4 nitrogen and oxygen atoms in total. The molecule has 0 saturated heterocycles. The molecule has 2 rings (SSSR count). The Morgan fingerprint density at radius 1 is 1.21 bits per heavy atom. The minimum atomic E-state index is -4.30. The Balaban J connectivity index is 2.01. The summed E-state index contributed by atoms with van der Waals surface area (Å²) in [6.45, 7) is 3.06. The van der Waals surface area contributed by atoms with E-state index >= 15 is 0 Å². The lowest BCUT2D eigenvalue weighted by Gasteiger charge is -2.09. The van der Waals surface area contributed by atoms with E-state index in [4.69, 9.17) is 0 Å². The van der Waals surface area contributed by atoms with E-state index in [-0.39, 0.29) is 0 Å². The number of nitrogens with one attached hydrogen (secondary N) is 1. The molecule has 0 spiro atoms. The molecule has 102 valence electrons. The monoisotopic (exact) mass is 270 g/mol. The molecule has 1 heterocycles. The largest absolute Gasteiger partial charge is 0.416 e. The molecule has 0 bridgehead atoms. The van der Waals surface area contributed by atoms with Crippen LogP contribution < -0.4 is 5.32 Å². The topological polar surface area (TPSA) is 42.7 Å². The van der Waals surface area contributed by atoms with E-state index in [1.807, 2.05) is 6.92 Å². The summed E-state index contributed by atoms with van der Waals surface area (Å²) in [7, 11) is 0. The third kappa shape index (κ3) is 3.24. The number of aromatic nitrogens is 3. The van der Waals surface area contributed by atoms with E-state index in [9.17, 15) is 13.2 Å². The van der Waals surface area contributed by atoms with Gasteiger partial charge in [-0.2, -0.15) is 18.3 Å². The Morgan fingerprint density at radius 3 is 2.47 bits per heavy atom. The van der Waals surface area contributed by atoms with Crippen LogP contribution in [0.25, 0.3) is 0 Å². The zero-order valence-electron chi connectivity index (χ0n) is 10.3. The van der Waals surface area contributed by atoms with Gasteiger partial charge in [0.15, 0.2) is 0 Å². The van der Waals surface area contributed by atoms with Crippen LogP contribution in [-0.2, 0) is 19.3 Å². The second kappa shape index (κ2) is 5.29. The van der Waals surface area contributed by atoms with Crippen molar-refractivity contribution in [3.05, 3.63) is 42.0 Å². The molecule has 0 aliphatic heterocycles. The number of nitrogens with zero attached hydrogens (tertiary/aromatic N) is 3. The first kappa shape index (κ1) is 13.4. The Bertz CT molecular complexity index is 531. The number of anilines is 1. The predicted octanol–water partition coefficient (Wildman–Crippen LogP) is 2.93. The summed E-state index contributed by atoms with van der Waals surface area (Å²) in [4.78, 5) is 4.07. The van der Waals surface area contributed by atoms with Gasteiger partial charge in [-0.15, -0.1) is 0 Å². The van der Waals surface area contributed by atoms with Crippen LogP contribution in [0.1, 0.15) is 18.3 Å². The fraction of sp³-hybridized carbons (Fsp3) is 0.333. The number of rotatable bonds is 4. The first-order valence-electron chi connectivity index (χ1n) is 5.78. The molecular weight excluding hydrogens is 257 g/mol. The molecule has 0 atom stereocenters. The Hall–Kier alpha value is -2.05. The number of benzene rings is 1. The van der Waals surface area contributed by atoms with Crippen LogP contribution in [0.3, 0.4) is 0 Å². The lowest BCUT2D eigenvalue weighted by Crippen LogP contribution is -2.09. The average Bonchev–Trinajstić information content (AvgIpc) is 2.83. The normalized spacial score (nSPS) is 11.6. The smallest absolute Gasteiger partial charge is 0.378 e. The maximum Gasteiger partial charge on any atom is 0.416 e. The molecule has 19 heavy (non-hydrogen) atoms. The van der Waals surface area contributed by atoms with Crippen LogP contribution in [0.4, 0.5) is 18.9 Å². The van der Waals surface area contributed by atoms with Gasteiger partial charge in [-0.05, 0) is 31.2 Å². The van der Waals surface area contributed by atoms with Crippen molar-refractivity contribution in [2.24, 2.45) is 0 Å². The van der Waals surface area contributed by atoms with Gasteiger partial charge < -0.3 is 5.32 Å². The van der Waals surface area contributed by atoms with Gasteiger partial charge in [0.1, 0.15) is 12.2 Å². The van der Waals surface area contributed by atoms with Gasteiger partial charge in [-0.3, -0.25) is 0 Å². The fourth-order valence-electron chi connectivity index (χ4n) is 1.65. The number of hydrogen-bond acceptors (Lipinski definition) is 3. The van der Waals surface area contributed by atoms with E-state index < -0.39 is 11.7 Å². The van der Waals surface area contributed by atoms with Crippen molar-refractivity contribution < 1.29 is 13.2 Å². The maximum absolute atomic E-state index is 12.4. The van der Waals surface area contributed by atoms with E-state index in [1.54, 1.807) is 4.68 Å². The van der Waals surface area contributed by atoms with Gasteiger partial charge in [-0.25, -0.2) is 9.67 Å². The second-order valence-electron chi connectivity index (χ2n) is 3.92. The molecular formula is C12H13F3N4. The van der Waals surface area contributed by atoms with Gasteiger partial charge in [0.25, 0.3) is 0 Å². The molecule has 0 saturated carbocycles. The molecule has 0 fully saturated rings. The fourth-order valence-corrected chi connectivity index (χ4v) is 1.65. The van der Waals surface area contributed by atoms with Crippen molar-refractivity contribution in [2.75, 3.05) is 5.32 Å². The van der Waals surface area contributed by atoms with Gasteiger partial charge in [0.05, 0.1) is 12.1 Å². The third-order valence-corrected chi connectivity index (χ3v) is 2.66. The van der Waals surface area contributed by atoms with E-state index in [0.29, 0.717) is 18.8 Å². The lowest BCUT2D eigenvalue weighted by atomic mass is 10.2. The summed E-state index contributed by atoms with van der Waals surface area (Å²) in [5.41, 5.74) is -0.0478. The minimum Gasteiger partial charge on any atom is -0.378 e. The highest BCUT2D eigenvalue weighted by Gasteiger charge is 2.29. The molecule has 0 amide bonds. The molecule has 1 aromatic heterocycles. The molecule has 2 aromatic rings. The van der Waals surface area contributed by atoms with Crippen LogP contribution in [0.15, 0.2) is 30.6 Å². The Kier molecular flexibility index (Phi) is 3.73. The van der Waals surface area contributed by atoms with Gasteiger partial charge in [-0.1, -0.05) is 0 Å². The second-order valence-corrected chi connectivity index (χ2v) is 3.92. The van der Waals surface area contributed by atoms with Gasteiger partial charge in [0, 0.05) is 12.2 Å². The Morgan fingerprint density at radius 2 is 1.89 bits per heavy atom. The first-order chi connectivity index (χ1) is 9.00. The molecule has 0 aliphatic carbocycles. The molecule has 0 radical (unpaired) electrons. The van der Waals surface area contributed by atoms with Crippen LogP contribution in [-0.4, -0.2) is 14.8 Å². The number of alkyl halides is 3. The zero-order chi connectivity index (χ0) is 13.9. The molecule has 7 heteroatoms. The maximum atomic E-state index is 12.4. The van der Waals surface area contributed by atoms with Crippen LogP contribution >= 0.6 is 0 Å². The number of aryl methyl sites for hydroxylation is 1. The van der Waals surface area contributed by atoms with E-state index in [0.717, 1.165) is 18.0 Å². The molecule has 0 unspecified atom stereocenters. The van der Waals surface area contributed by atoms with Crippen LogP contribution in [0.2, 0.25) is 0 Å². The lowest BCUT2D eigenvalue weighted by molar-refractivity contribution is -0.137. The SMILES string of the molecule is CCn1ncnc1CNc1ccc(C(F)(F)F)cc1. The summed E-state index contributed by atoms with van der Waals surface area (Å²) >= 11 is 0. The summed E-state index contributed by atoms with van der Waals surface area (Å²) in [6, 6.07) is 4.89. The van der Waals surface area contributed by atoms with Gasteiger partial charge >= 0.3 is 6.18 Å². The van der Waals surface area contributed by atoms with Crippen molar-refractivity contribution in [3.8, 4) is 0 Å². The summed E-state index contributed by atoms with van der Waals surface area (Å²) in [5.74, 6) is 0.738. The van der Waals surface area contributed by atoms with Gasteiger partial charge in [0.2, 0.25) is 0 Å². The number of hydrogen-bond donors (Lipinski definition) is 1. The highest BCUT2D eigenvalue weighted by Crippen LogP contribution is 2.29. The van der Waals surface area contributed by atoms with Crippen molar-refractivity contribution in [3.63, 3.8) is 0 Å². The van der Waals surface area contributed by atoms with Crippen molar-refractivity contribution in [2.45, 2.75) is 26.2 Å². The zero-order valence-corrected chi connectivity index (χ0v) is 10.3. The standard InChI is InChI=1S/C12H13F3N4/c1-2-19-11(17-8-18-19)7-16-10-5-3-9(4-6-10)12(13,14)15/h3-6,8,16H,2,7H2,1H3. The van der Waals surface area contributed by atoms with E-state index in [2.05, 4.69) is 15.4 Å². The quantitative estimate of drug-likeness (QED) is 0.928. The average molecular weight is 270 g/mol. The number of halogens is 3. The molecule has 1 aromatic carbocycles. The molecule has 0 aliphatic rings. The summed E-state index contributed by atoms with van der Waals surface area (Å²) < 4.78 is 38.9. The Labute approximate surface area is 108 Å². The first-order valence-corrected chi connectivity index (χ1v) is 5.78. The summed E-state index contributed by atoms with van der Waals surface area (Å²) in [6.07, 6.45) is -2.85. The summed E-state index contributed by atoms with van der Waals surface area (Å²) in [5, 5.41) is 7.02. The van der Waals surface area contributed by atoms with Crippen molar-refractivity contribution >= 4 is 5.69 Å². The minimum absolute atomic E-state index is 0.416. The van der Waals surface area contributed by atoms with E-state index in [1.165, 1.54) is 18.5 Å². The highest BCUT2D eigenvalue weighted by molar-refractivity contribution is 5.45. The molecule has 1 N–H and O–H groups in total. The predicted molar refractivity (Wildman–Crippen MR) is 64.5 cm³/mol. The van der Waals surface area contributed by atoms with Crippen LogP contribution in [0.5, 0.6) is 0 Å². The highest BCUT2D eigenvalue weighted by atomic mass is 19.4. The van der Waals surface area contributed by atoms with Crippen molar-refractivity contribution in [1.82, 2.24) is 14.8 Å². The third-order valence-electron chi connectivity index (χ3n) is 2.66.